The second kappa shape index (κ2) is 12.7. The third-order valence-corrected chi connectivity index (χ3v) is 7.79. The summed E-state index contributed by atoms with van der Waals surface area (Å²) in [6.07, 6.45) is 4.59. The molecule has 1 aromatic carbocycles. The molecular formula is C31H35FN8O6. The van der Waals surface area contributed by atoms with Gasteiger partial charge in [0.15, 0.2) is 6.10 Å². The first-order valence-corrected chi connectivity index (χ1v) is 15.1. The summed E-state index contributed by atoms with van der Waals surface area (Å²) >= 11 is 0. The molecule has 2 fully saturated rings. The molecule has 0 bridgehead atoms. The number of hydrogen-bond donors (Lipinski definition) is 1. The van der Waals surface area contributed by atoms with Crippen LogP contribution in [-0.4, -0.2) is 92.2 Å². The number of nitrogens with zero attached hydrogens (tertiary/aromatic N) is 7. The Balaban J connectivity index is 1.01. The van der Waals surface area contributed by atoms with Crippen molar-refractivity contribution in [2.75, 3.05) is 24.5 Å². The second-order valence-corrected chi connectivity index (χ2v) is 12.4. The molecule has 0 radical (unpaired) electrons. The van der Waals surface area contributed by atoms with Crippen LogP contribution in [0.1, 0.15) is 45.7 Å². The number of rotatable bonds is 8. The standard InChI is InChI=1S/C31H35FN8O6/c1-31(2,3)45-30(43)39-11-4-5-27(39)28(41)34-16-21-14-26(36-46-21)25-9-6-19(15-33-25)23-8-7-20(13-24(23)32)40-18-22(44-29(40)42)17-38-12-10-35-37-38/h6-10,12-13,15,21-22,27H,4-5,11,14,16-18H2,1-3H3,(H,34,41)/t21-,22-,27-/m0/s1. The Kier molecular flexibility index (Phi) is 8.56. The van der Waals surface area contributed by atoms with E-state index in [0.717, 1.165) is 6.42 Å². The molecule has 0 spiro atoms. The van der Waals surface area contributed by atoms with Gasteiger partial charge in [0.05, 0.1) is 37.2 Å². The smallest absolute Gasteiger partial charge is 0.414 e. The van der Waals surface area contributed by atoms with Crippen LogP contribution in [0.25, 0.3) is 11.1 Å². The van der Waals surface area contributed by atoms with Gasteiger partial charge in [0.25, 0.3) is 0 Å². The molecule has 0 saturated carbocycles. The molecule has 3 aliphatic heterocycles. The largest absolute Gasteiger partial charge is 0.444 e. The monoisotopic (exact) mass is 634 g/mol. The molecule has 3 aliphatic rings. The van der Waals surface area contributed by atoms with E-state index in [1.54, 1.807) is 68.3 Å². The summed E-state index contributed by atoms with van der Waals surface area (Å²) in [5.41, 5.74) is 1.79. The number of benzene rings is 1. The van der Waals surface area contributed by atoms with E-state index < -0.39 is 41.9 Å². The lowest BCUT2D eigenvalue weighted by molar-refractivity contribution is -0.126. The number of amides is 3. The summed E-state index contributed by atoms with van der Waals surface area (Å²) in [6, 6.07) is 7.44. The average Bonchev–Trinajstić information content (AvgIpc) is 3.83. The number of carbonyl (C=O) groups is 3. The number of nitrogens with one attached hydrogen (secondary N) is 1. The van der Waals surface area contributed by atoms with Gasteiger partial charge in [-0.05, 0) is 57.9 Å². The molecular weight excluding hydrogens is 599 g/mol. The van der Waals surface area contributed by atoms with Crippen LogP contribution >= 0.6 is 0 Å². The van der Waals surface area contributed by atoms with E-state index in [4.69, 9.17) is 14.3 Å². The van der Waals surface area contributed by atoms with Gasteiger partial charge in [-0.1, -0.05) is 16.4 Å². The van der Waals surface area contributed by atoms with Crippen molar-refractivity contribution in [3.63, 3.8) is 0 Å². The quantitative estimate of drug-likeness (QED) is 0.392. The van der Waals surface area contributed by atoms with E-state index in [9.17, 15) is 14.4 Å². The van der Waals surface area contributed by atoms with Gasteiger partial charge < -0.3 is 19.6 Å². The zero-order valence-electron chi connectivity index (χ0n) is 25.8. The summed E-state index contributed by atoms with van der Waals surface area (Å²) in [4.78, 5) is 50.7. The summed E-state index contributed by atoms with van der Waals surface area (Å²) in [5.74, 6) is -0.770. The molecule has 3 amide bonds. The fourth-order valence-electron chi connectivity index (χ4n) is 5.60. The molecule has 0 aliphatic carbocycles. The van der Waals surface area contributed by atoms with E-state index in [0.29, 0.717) is 54.2 Å². The Morgan fingerprint density at radius 2 is 2.02 bits per heavy atom. The molecule has 5 heterocycles. The van der Waals surface area contributed by atoms with E-state index in [2.05, 4.69) is 25.8 Å². The van der Waals surface area contributed by atoms with Gasteiger partial charge in [-0.2, -0.15) is 0 Å². The number of carbonyl (C=O) groups excluding carboxylic acids is 3. The van der Waals surface area contributed by atoms with E-state index in [1.165, 1.54) is 15.9 Å². The Morgan fingerprint density at radius 3 is 2.74 bits per heavy atom. The van der Waals surface area contributed by atoms with Gasteiger partial charge in [0.1, 0.15) is 29.3 Å². The van der Waals surface area contributed by atoms with Gasteiger partial charge in [0, 0.05) is 36.5 Å². The highest BCUT2D eigenvalue weighted by Gasteiger charge is 2.37. The first-order valence-electron chi connectivity index (χ1n) is 15.1. The summed E-state index contributed by atoms with van der Waals surface area (Å²) < 4.78 is 27.7. The second-order valence-electron chi connectivity index (χ2n) is 12.4. The minimum atomic E-state index is -0.646. The number of halogens is 1. The SMILES string of the molecule is CC(C)(C)OC(=O)N1CCC[C@H]1C(=O)NC[C@@H]1CC(c2ccc(-c3ccc(N4C[C@H](Cn5ccnn5)OC4=O)cc3F)cn2)=NO1. The number of hydrogen-bond acceptors (Lipinski definition) is 10. The Labute approximate surface area is 264 Å². The van der Waals surface area contributed by atoms with Crippen LogP contribution in [0.3, 0.4) is 0 Å². The molecule has 2 aromatic heterocycles. The lowest BCUT2D eigenvalue weighted by Crippen LogP contribution is -2.48. The molecule has 15 heteroatoms. The Morgan fingerprint density at radius 1 is 1.17 bits per heavy atom. The fourth-order valence-corrected chi connectivity index (χ4v) is 5.60. The molecule has 0 unspecified atom stereocenters. The number of anilines is 1. The Hall–Kier alpha value is -5.08. The number of ether oxygens (including phenoxy) is 2. The summed E-state index contributed by atoms with van der Waals surface area (Å²) in [6.45, 7) is 6.65. The number of cyclic esters (lactones) is 1. The molecule has 2 saturated heterocycles. The molecule has 46 heavy (non-hydrogen) atoms. The van der Waals surface area contributed by atoms with Crippen molar-refractivity contribution in [1.29, 1.82) is 0 Å². The summed E-state index contributed by atoms with van der Waals surface area (Å²) in [7, 11) is 0. The zero-order valence-corrected chi connectivity index (χ0v) is 25.8. The van der Waals surface area contributed by atoms with Crippen molar-refractivity contribution in [3.05, 3.63) is 60.4 Å². The van der Waals surface area contributed by atoms with Gasteiger partial charge in [0.2, 0.25) is 5.91 Å². The fraction of sp³-hybridized carbons (Fsp3) is 0.452. The van der Waals surface area contributed by atoms with Crippen molar-refractivity contribution in [1.82, 2.24) is 30.2 Å². The van der Waals surface area contributed by atoms with Crippen molar-refractivity contribution in [3.8, 4) is 11.1 Å². The normalized spacial score (nSPS) is 21.2. The van der Waals surface area contributed by atoms with Gasteiger partial charge in [-0.25, -0.2) is 18.7 Å². The van der Waals surface area contributed by atoms with Crippen LogP contribution in [0.5, 0.6) is 0 Å². The maximum absolute atomic E-state index is 15.2. The van der Waals surface area contributed by atoms with Gasteiger partial charge in [-0.3, -0.25) is 19.6 Å². The molecule has 3 aromatic rings. The molecule has 3 atom stereocenters. The molecule has 242 valence electrons. The van der Waals surface area contributed by atoms with Crippen molar-refractivity contribution < 1.29 is 33.1 Å². The molecule has 14 nitrogen and oxygen atoms in total. The number of oxime groups is 1. The van der Waals surface area contributed by atoms with Crippen LogP contribution in [0.15, 0.2) is 54.1 Å². The van der Waals surface area contributed by atoms with Crippen molar-refractivity contribution in [2.45, 2.75) is 70.4 Å². The van der Waals surface area contributed by atoms with E-state index >= 15 is 4.39 Å². The van der Waals surface area contributed by atoms with Crippen LogP contribution < -0.4 is 10.2 Å². The third-order valence-electron chi connectivity index (χ3n) is 7.79. The van der Waals surface area contributed by atoms with Crippen molar-refractivity contribution >= 4 is 29.5 Å². The first-order chi connectivity index (χ1) is 22.0. The van der Waals surface area contributed by atoms with E-state index in [-0.39, 0.29) is 19.0 Å². The topological polar surface area (TPSA) is 153 Å². The highest BCUT2D eigenvalue weighted by Crippen LogP contribution is 2.30. The van der Waals surface area contributed by atoms with Crippen LogP contribution in [0.2, 0.25) is 0 Å². The van der Waals surface area contributed by atoms with Crippen LogP contribution in [-0.2, 0) is 25.7 Å². The maximum atomic E-state index is 15.2. The van der Waals surface area contributed by atoms with Crippen LogP contribution in [0, 0.1) is 5.82 Å². The number of likely N-dealkylation sites (tertiary alicyclic amines) is 1. The lowest BCUT2D eigenvalue weighted by atomic mass is 10.0. The van der Waals surface area contributed by atoms with Crippen LogP contribution in [0.4, 0.5) is 19.7 Å². The average molecular weight is 635 g/mol. The number of aromatic nitrogens is 4. The van der Waals surface area contributed by atoms with Gasteiger partial charge >= 0.3 is 12.2 Å². The molecule has 6 rings (SSSR count). The van der Waals surface area contributed by atoms with Crippen molar-refractivity contribution in [2.24, 2.45) is 5.16 Å². The van der Waals surface area contributed by atoms with E-state index in [1.807, 2.05) is 0 Å². The predicted octanol–water partition coefficient (Wildman–Crippen LogP) is 3.51. The zero-order chi connectivity index (χ0) is 32.4. The number of pyridine rings is 1. The predicted molar refractivity (Wildman–Crippen MR) is 162 cm³/mol. The lowest BCUT2D eigenvalue weighted by Gasteiger charge is -2.28. The highest BCUT2D eigenvalue weighted by atomic mass is 19.1. The summed E-state index contributed by atoms with van der Waals surface area (Å²) in [5, 5.41) is 14.7. The van der Waals surface area contributed by atoms with Gasteiger partial charge in [-0.15, -0.1) is 5.10 Å². The minimum Gasteiger partial charge on any atom is -0.444 e. The third kappa shape index (κ3) is 6.92. The maximum Gasteiger partial charge on any atom is 0.414 e. The Bertz CT molecular complexity index is 1620. The first kappa shape index (κ1) is 30.9. The minimum absolute atomic E-state index is 0.214. The molecule has 1 N–H and O–H groups in total. The highest BCUT2D eigenvalue weighted by molar-refractivity contribution is 6.00.